The molecule has 0 aliphatic rings. The van der Waals surface area contributed by atoms with Gasteiger partial charge in [-0.2, -0.15) is 0 Å². The van der Waals surface area contributed by atoms with Crippen molar-refractivity contribution in [2.75, 3.05) is 0 Å². The van der Waals surface area contributed by atoms with E-state index in [0.29, 0.717) is 5.75 Å². The zero-order valence-electron chi connectivity index (χ0n) is 6.90. The number of phenols is 1. The lowest BCUT2D eigenvalue weighted by atomic mass is 10.1. The fourth-order valence-electron chi connectivity index (χ4n) is 1.03. The molecule has 1 aromatic carbocycles. The van der Waals surface area contributed by atoms with E-state index in [0.717, 1.165) is 21.7 Å². The summed E-state index contributed by atoms with van der Waals surface area (Å²) in [7, 11) is 0. The number of rotatable bonds is 0. The molecule has 0 saturated heterocycles. The Morgan fingerprint density at radius 3 is 2.27 bits per heavy atom. The van der Waals surface area contributed by atoms with Gasteiger partial charge >= 0.3 is 0 Å². The quantitative estimate of drug-likeness (QED) is 0.635. The fraction of sp³-hybridized carbons (Fsp3) is 0.333. The Balaban J connectivity index is 3.46. The summed E-state index contributed by atoms with van der Waals surface area (Å²) < 4.78 is 0. The summed E-state index contributed by atoms with van der Waals surface area (Å²) in [5.74, 6) is 0.324. The summed E-state index contributed by atoms with van der Waals surface area (Å²) >= 11 is 5.94. The second kappa shape index (κ2) is 2.74. The summed E-state index contributed by atoms with van der Waals surface area (Å²) in [6.07, 6.45) is 0. The van der Waals surface area contributed by atoms with E-state index in [-0.39, 0.29) is 0 Å². The van der Waals surface area contributed by atoms with Crippen LogP contribution in [0.25, 0.3) is 0 Å². The highest BCUT2D eigenvalue weighted by Gasteiger charge is 2.06. The van der Waals surface area contributed by atoms with Gasteiger partial charge in [-0.25, -0.2) is 0 Å². The van der Waals surface area contributed by atoms with Crippen LogP contribution >= 0.6 is 11.6 Å². The van der Waals surface area contributed by atoms with E-state index in [4.69, 9.17) is 11.6 Å². The van der Waals surface area contributed by atoms with Crippen LogP contribution < -0.4 is 0 Å². The highest BCUT2D eigenvalue weighted by Crippen LogP contribution is 2.29. The predicted octanol–water partition coefficient (Wildman–Crippen LogP) is 2.97. The molecule has 0 bridgehead atoms. The maximum absolute atomic E-state index is 9.35. The van der Waals surface area contributed by atoms with Crippen molar-refractivity contribution in [2.24, 2.45) is 0 Å². The van der Waals surface area contributed by atoms with Crippen molar-refractivity contribution in [3.05, 3.63) is 27.8 Å². The number of benzene rings is 1. The van der Waals surface area contributed by atoms with Gasteiger partial charge in [-0.3, -0.25) is 0 Å². The molecule has 60 valence electrons. The van der Waals surface area contributed by atoms with Crippen molar-refractivity contribution in [1.82, 2.24) is 0 Å². The van der Waals surface area contributed by atoms with E-state index in [1.807, 2.05) is 20.8 Å². The minimum Gasteiger partial charge on any atom is -0.508 e. The molecule has 0 fully saturated rings. The topological polar surface area (TPSA) is 20.2 Å². The maximum Gasteiger partial charge on any atom is 0.119 e. The van der Waals surface area contributed by atoms with Gasteiger partial charge in [0.25, 0.3) is 0 Å². The average molecular weight is 171 g/mol. The molecule has 1 nitrogen and oxygen atoms in total. The lowest BCUT2D eigenvalue weighted by molar-refractivity contribution is 0.470. The lowest BCUT2D eigenvalue weighted by Crippen LogP contribution is -1.86. The van der Waals surface area contributed by atoms with Crippen LogP contribution in [0.1, 0.15) is 16.7 Å². The smallest absolute Gasteiger partial charge is 0.119 e. The zero-order chi connectivity index (χ0) is 8.59. The van der Waals surface area contributed by atoms with Crippen LogP contribution in [-0.4, -0.2) is 5.11 Å². The Labute approximate surface area is 71.6 Å². The minimum atomic E-state index is 0.324. The summed E-state index contributed by atoms with van der Waals surface area (Å²) in [6, 6.07) is 1.69. The van der Waals surface area contributed by atoms with Crippen LogP contribution in [0.4, 0.5) is 0 Å². The van der Waals surface area contributed by atoms with Crippen molar-refractivity contribution in [3.63, 3.8) is 0 Å². The largest absolute Gasteiger partial charge is 0.508 e. The molecule has 11 heavy (non-hydrogen) atoms. The highest BCUT2D eigenvalue weighted by molar-refractivity contribution is 6.32. The second-order valence-corrected chi connectivity index (χ2v) is 3.15. The van der Waals surface area contributed by atoms with Gasteiger partial charge < -0.3 is 5.11 Å². The standard InChI is InChI=1S/C9H11ClO/c1-5-4-8(11)6(2)7(3)9(5)10/h4,11H,1-3H3. The molecule has 0 saturated carbocycles. The number of hydrogen-bond acceptors (Lipinski definition) is 1. The molecule has 0 aliphatic heterocycles. The maximum atomic E-state index is 9.35. The van der Waals surface area contributed by atoms with E-state index < -0.39 is 0 Å². The van der Waals surface area contributed by atoms with Crippen molar-refractivity contribution in [1.29, 1.82) is 0 Å². The Kier molecular flexibility index (Phi) is 2.10. The first-order chi connectivity index (χ1) is 5.04. The molecular weight excluding hydrogens is 160 g/mol. The minimum absolute atomic E-state index is 0.324. The van der Waals surface area contributed by atoms with Crippen LogP contribution in [0.15, 0.2) is 6.07 Å². The molecule has 1 aromatic rings. The van der Waals surface area contributed by atoms with Crippen molar-refractivity contribution >= 4 is 11.6 Å². The molecule has 0 aliphatic carbocycles. The van der Waals surface area contributed by atoms with Gasteiger partial charge in [0.1, 0.15) is 5.75 Å². The molecule has 1 rings (SSSR count). The van der Waals surface area contributed by atoms with Crippen molar-refractivity contribution < 1.29 is 5.11 Å². The van der Waals surface area contributed by atoms with Gasteiger partial charge in [0, 0.05) is 5.02 Å². The van der Waals surface area contributed by atoms with Crippen LogP contribution in [0.5, 0.6) is 5.75 Å². The lowest BCUT2D eigenvalue weighted by Gasteiger charge is -2.07. The monoisotopic (exact) mass is 170 g/mol. The third-order valence-corrected chi connectivity index (χ3v) is 2.56. The number of halogens is 1. The Hall–Kier alpha value is -0.690. The van der Waals surface area contributed by atoms with Gasteiger partial charge in [-0.15, -0.1) is 0 Å². The van der Waals surface area contributed by atoms with Crippen LogP contribution in [0.2, 0.25) is 5.02 Å². The number of phenolic OH excluding ortho intramolecular Hbond substituents is 1. The number of aromatic hydroxyl groups is 1. The zero-order valence-corrected chi connectivity index (χ0v) is 7.66. The molecule has 1 N–H and O–H groups in total. The summed E-state index contributed by atoms with van der Waals surface area (Å²) in [6.45, 7) is 5.65. The summed E-state index contributed by atoms with van der Waals surface area (Å²) in [5.41, 5.74) is 2.75. The number of aryl methyl sites for hydroxylation is 1. The van der Waals surface area contributed by atoms with E-state index in [2.05, 4.69) is 0 Å². The Bertz CT molecular complexity index is 266. The summed E-state index contributed by atoms with van der Waals surface area (Å²) in [5, 5.41) is 10.1. The van der Waals surface area contributed by atoms with Gasteiger partial charge in [0.15, 0.2) is 0 Å². The third kappa shape index (κ3) is 1.33. The SMILES string of the molecule is Cc1cc(O)c(C)c(C)c1Cl. The first kappa shape index (κ1) is 8.41. The molecular formula is C9H11ClO. The molecule has 0 atom stereocenters. The predicted molar refractivity (Wildman–Crippen MR) is 47.3 cm³/mol. The molecule has 0 spiro atoms. The molecule has 0 amide bonds. The van der Waals surface area contributed by atoms with Crippen LogP contribution in [0.3, 0.4) is 0 Å². The van der Waals surface area contributed by atoms with E-state index in [9.17, 15) is 5.11 Å². The highest BCUT2D eigenvalue weighted by atomic mass is 35.5. The molecule has 0 unspecified atom stereocenters. The van der Waals surface area contributed by atoms with Crippen LogP contribution in [0, 0.1) is 20.8 Å². The van der Waals surface area contributed by atoms with E-state index >= 15 is 0 Å². The van der Waals surface area contributed by atoms with E-state index in [1.54, 1.807) is 6.07 Å². The van der Waals surface area contributed by atoms with Gasteiger partial charge in [0.2, 0.25) is 0 Å². The second-order valence-electron chi connectivity index (χ2n) is 2.78. The summed E-state index contributed by atoms with van der Waals surface area (Å²) in [4.78, 5) is 0. The molecule has 0 heterocycles. The Morgan fingerprint density at radius 2 is 1.73 bits per heavy atom. The molecule has 0 radical (unpaired) electrons. The van der Waals surface area contributed by atoms with Gasteiger partial charge in [0.05, 0.1) is 0 Å². The van der Waals surface area contributed by atoms with Gasteiger partial charge in [-0.1, -0.05) is 11.6 Å². The van der Waals surface area contributed by atoms with Crippen molar-refractivity contribution in [2.45, 2.75) is 20.8 Å². The van der Waals surface area contributed by atoms with Crippen molar-refractivity contribution in [3.8, 4) is 5.75 Å². The fourth-order valence-corrected chi connectivity index (χ4v) is 1.23. The Morgan fingerprint density at radius 1 is 1.18 bits per heavy atom. The third-order valence-electron chi connectivity index (χ3n) is 1.98. The molecule has 2 heteroatoms. The van der Waals surface area contributed by atoms with Crippen LogP contribution in [-0.2, 0) is 0 Å². The normalized spacial score (nSPS) is 10.2. The first-order valence-electron chi connectivity index (χ1n) is 3.49. The average Bonchev–Trinajstić information content (AvgIpc) is 1.97. The van der Waals surface area contributed by atoms with Gasteiger partial charge in [-0.05, 0) is 43.5 Å². The first-order valence-corrected chi connectivity index (χ1v) is 3.87. The number of hydrogen-bond donors (Lipinski definition) is 1. The molecule has 0 aromatic heterocycles. The van der Waals surface area contributed by atoms with E-state index in [1.165, 1.54) is 0 Å².